The van der Waals surface area contributed by atoms with Gasteiger partial charge in [0.05, 0.1) is 5.69 Å². The maximum absolute atomic E-state index is 12.5. The Balaban J connectivity index is 1.84. The van der Waals surface area contributed by atoms with Crippen LogP contribution in [-0.2, 0) is 0 Å². The molecule has 0 atom stereocenters. The number of imidazole rings is 1. The molecule has 1 heterocycles. The molecule has 0 saturated heterocycles. The fourth-order valence-corrected chi connectivity index (χ4v) is 2.17. The van der Waals surface area contributed by atoms with Gasteiger partial charge >= 0.3 is 6.03 Å². The molecule has 0 aliphatic rings. The zero-order valence-electron chi connectivity index (χ0n) is 12.2. The summed E-state index contributed by atoms with van der Waals surface area (Å²) in [4.78, 5) is 18.3. The van der Waals surface area contributed by atoms with Crippen molar-refractivity contribution >= 4 is 17.4 Å². The summed E-state index contributed by atoms with van der Waals surface area (Å²) in [6, 6.07) is 16.7. The van der Waals surface area contributed by atoms with Gasteiger partial charge in [0, 0.05) is 30.2 Å². The number of carbonyl (C=O) groups excluding carboxylic acids is 1. The molecule has 2 N–H and O–H groups in total. The van der Waals surface area contributed by atoms with Gasteiger partial charge in [-0.25, -0.2) is 9.78 Å². The van der Waals surface area contributed by atoms with E-state index in [1.807, 2.05) is 54.6 Å². The first kappa shape index (κ1) is 13.9. The molecule has 3 rings (SSSR count). The first-order valence-electron chi connectivity index (χ1n) is 6.88. The zero-order chi connectivity index (χ0) is 15.5. The van der Waals surface area contributed by atoms with E-state index in [4.69, 9.17) is 5.73 Å². The van der Waals surface area contributed by atoms with E-state index in [1.54, 1.807) is 18.1 Å². The second-order valence-corrected chi connectivity index (χ2v) is 4.97. The maximum atomic E-state index is 12.5. The Morgan fingerprint density at radius 3 is 2.45 bits per heavy atom. The van der Waals surface area contributed by atoms with Gasteiger partial charge in [-0.1, -0.05) is 30.3 Å². The third kappa shape index (κ3) is 2.69. The highest BCUT2D eigenvalue weighted by Crippen LogP contribution is 2.19. The smallest absolute Gasteiger partial charge is 0.333 e. The third-order valence-electron chi connectivity index (χ3n) is 3.44. The number of hydrogen-bond acceptors (Lipinski definition) is 3. The van der Waals surface area contributed by atoms with Gasteiger partial charge in [-0.3, -0.25) is 9.47 Å². The number of anilines is 2. The molecule has 0 unspecified atom stereocenters. The molecule has 1 aromatic heterocycles. The SMILES string of the molecule is CN(C(=O)n1cnc(-c2ccc(N)cc2)c1)c1ccccc1. The van der Waals surface area contributed by atoms with Gasteiger partial charge in [0.15, 0.2) is 0 Å². The van der Waals surface area contributed by atoms with Crippen molar-refractivity contribution in [2.45, 2.75) is 0 Å². The Labute approximate surface area is 128 Å². The Kier molecular flexibility index (Phi) is 3.62. The topological polar surface area (TPSA) is 64.2 Å². The number of nitrogens with two attached hydrogens (primary N) is 1. The van der Waals surface area contributed by atoms with Crippen LogP contribution in [0.5, 0.6) is 0 Å². The summed E-state index contributed by atoms with van der Waals surface area (Å²) in [6.07, 6.45) is 3.24. The van der Waals surface area contributed by atoms with Gasteiger partial charge in [-0.05, 0) is 24.3 Å². The van der Waals surface area contributed by atoms with E-state index in [9.17, 15) is 4.79 Å². The molecule has 1 amide bonds. The highest BCUT2D eigenvalue weighted by Gasteiger charge is 2.14. The number of aromatic nitrogens is 2. The van der Waals surface area contributed by atoms with Crippen LogP contribution in [-0.4, -0.2) is 22.6 Å². The summed E-state index contributed by atoms with van der Waals surface area (Å²) in [7, 11) is 1.74. The van der Waals surface area contributed by atoms with Crippen molar-refractivity contribution in [3.63, 3.8) is 0 Å². The van der Waals surface area contributed by atoms with Crippen molar-refractivity contribution in [2.75, 3.05) is 17.7 Å². The van der Waals surface area contributed by atoms with Crippen LogP contribution < -0.4 is 10.6 Å². The predicted octanol–water partition coefficient (Wildman–Crippen LogP) is 3.24. The van der Waals surface area contributed by atoms with Gasteiger partial charge in [0.25, 0.3) is 0 Å². The number of para-hydroxylation sites is 1. The normalized spacial score (nSPS) is 10.4. The van der Waals surface area contributed by atoms with Crippen molar-refractivity contribution in [3.05, 3.63) is 67.1 Å². The molecule has 5 nitrogen and oxygen atoms in total. The quantitative estimate of drug-likeness (QED) is 0.737. The third-order valence-corrected chi connectivity index (χ3v) is 3.44. The Morgan fingerprint density at radius 2 is 1.77 bits per heavy atom. The van der Waals surface area contributed by atoms with Crippen molar-refractivity contribution in [1.82, 2.24) is 9.55 Å². The molecule has 0 aliphatic heterocycles. The molecule has 2 aromatic carbocycles. The molecular formula is C17H16N4O. The maximum Gasteiger partial charge on any atom is 0.333 e. The highest BCUT2D eigenvalue weighted by molar-refractivity contribution is 5.93. The number of benzene rings is 2. The van der Waals surface area contributed by atoms with E-state index in [0.29, 0.717) is 5.69 Å². The standard InChI is InChI=1S/C17H16N4O/c1-20(15-5-3-2-4-6-15)17(22)21-11-16(19-12-21)13-7-9-14(18)10-8-13/h2-12H,18H2,1H3. The molecule has 110 valence electrons. The van der Waals surface area contributed by atoms with Crippen LogP contribution in [0.15, 0.2) is 67.1 Å². The molecule has 0 fully saturated rings. The van der Waals surface area contributed by atoms with E-state index in [1.165, 1.54) is 10.9 Å². The molecule has 22 heavy (non-hydrogen) atoms. The van der Waals surface area contributed by atoms with E-state index < -0.39 is 0 Å². The monoisotopic (exact) mass is 292 g/mol. The van der Waals surface area contributed by atoms with Crippen molar-refractivity contribution < 1.29 is 4.79 Å². The van der Waals surface area contributed by atoms with Gasteiger partial charge in [-0.15, -0.1) is 0 Å². The molecule has 0 aliphatic carbocycles. The van der Waals surface area contributed by atoms with E-state index in [0.717, 1.165) is 16.9 Å². The molecular weight excluding hydrogens is 276 g/mol. The number of rotatable bonds is 2. The fraction of sp³-hybridized carbons (Fsp3) is 0.0588. The summed E-state index contributed by atoms with van der Waals surface area (Å²) in [5.41, 5.74) is 8.85. The van der Waals surface area contributed by atoms with E-state index >= 15 is 0 Å². The second-order valence-electron chi connectivity index (χ2n) is 4.97. The van der Waals surface area contributed by atoms with Crippen LogP contribution in [0.3, 0.4) is 0 Å². The lowest BCUT2D eigenvalue weighted by atomic mass is 10.1. The molecule has 0 spiro atoms. The first-order valence-corrected chi connectivity index (χ1v) is 6.88. The lowest BCUT2D eigenvalue weighted by Crippen LogP contribution is -2.30. The molecule has 5 heteroatoms. The van der Waals surface area contributed by atoms with Crippen molar-refractivity contribution in [2.24, 2.45) is 0 Å². The van der Waals surface area contributed by atoms with Crippen molar-refractivity contribution in [3.8, 4) is 11.3 Å². The van der Waals surface area contributed by atoms with Crippen molar-refractivity contribution in [1.29, 1.82) is 0 Å². The van der Waals surface area contributed by atoms with Crippen LogP contribution in [0.4, 0.5) is 16.2 Å². The Bertz CT molecular complexity index is 778. The van der Waals surface area contributed by atoms with Gasteiger partial charge in [-0.2, -0.15) is 0 Å². The second kappa shape index (κ2) is 5.73. The molecule has 0 radical (unpaired) electrons. The predicted molar refractivity (Wildman–Crippen MR) is 87.7 cm³/mol. The fourth-order valence-electron chi connectivity index (χ4n) is 2.17. The number of carbonyl (C=O) groups is 1. The van der Waals surface area contributed by atoms with Gasteiger partial charge in [0.2, 0.25) is 0 Å². The minimum Gasteiger partial charge on any atom is -0.399 e. The van der Waals surface area contributed by atoms with Gasteiger partial charge < -0.3 is 5.73 Å². The van der Waals surface area contributed by atoms with Crippen LogP contribution in [0, 0.1) is 0 Å². The van der Waals surface area contributed by atoms with Crippen LogP contribution in [0.25, 0.3) is 11.3 Å². The summed E-state index contributed by atoms with van der Waals surface area (Å²) >= 11 is 0. The summed E-state index contributed by atoms with van der Waals surface area (Å²) in [6.45, 7) is 0. The number of amides is 1. The number of nitrogens with zero attached hydrogens (tertiary/aromatic N) is 3. The molecule has 0 bridgehead atoms. The summed E-state index contributed by atoms with van der Waals surface area (Å²) in [5, 5.41) is 0. The average molecular weight is 292 g/mol. The number of nitrogen functional groups attached to an aromatic ring is 1. The molecule has 0 saturated carbocycles. The lowest BCUT2D eigenvalue weighted by molar-refractivity contribution is 0.249. The Morgan fingerprint density at radius 1 is 1.09 bits per heavy atom. The summed E-state index contributed by atoms with van der Waals surface area (Å²) < 4.78 is 1.47. The van der Waals surface area contributed by atoms with Crippen LogP contribution >= 0.6 is 0 Å². The van der Waals surface area contributed by atoms with Crippen LogP contribution in [0.2, 0.25) is 0 Å². The summed E-state index contributed by atoms with van der Waals surface area (Å²) in [5.74, 6) is 0. The Hall–Kier alpha value is -3.08. The number of hydrogen-bond donors (Lipinski definition) is 1. The average Bonchev–Trinajstić information content (AvgIpc) is 3.05. The first-order chi connectivity index (χ1) is 10.6. The van der Waals surface area contributed by atoms with Crippen LogP contribution in [0.1, 0.15) is 0 Å². The highest BCUT2D eigenvalue weighted by atomic mass is 16.2. The zero-order valence-corrected chi connectivity index (χ0v) is 12.2. The van der Waals surface area contributed by atoms with E-state index in [2.05, 4.69) is 4.98 Å². The largest absolute Gasteiger partial charge is 0.399 e. The van der Waals surface area contributed by atoms with Gasteiger partial charge in [0.1, 0.15) is 6.33 Å². The minimum absolute atomic E-state index is 0.166. The molecule has 3 aromatic rings. The minimum atomic E-state index is -0.166. The van der Waals surface area contributed by atoms with E-state index in [-0.39, 0.29) is 6.03 Å². The lowest BCUT2D eigenvalue weighted by Gasteiger charge is -2.16.